The van der Waals surface area contributed by atoms with E-state index in [9.17, 15) is 0 Å². The van der Waals surface area contributed by atoms with E-state index in [4.69, 9.17) is 5.73 Å². The van der Waals surface area contributed by atoms with E-state index in [0.29, 0.717) is 5.69 Å². The van der Waals surface area contributed by atoms with Gasteiger partial charge in [-0.05, 0) is 25.1 Å². The number of aromatic nitrogens is 1. The van der Waals surface area contributed by atoms with Crippen molar-refractivity contribution in [1.29, 1.82) is 0 Å². The highest BCUT2D eigenvalue weighted by Crippen LogP contribution is 2.05. The van der Waals surface area contributed by atoms with E-state index in [1.54, 1.807) is 6.20 Å². The second-order valence-corrected chi connectivity index (χ2v) is 3.61. The fraction of sp³-hybridized carbons (Fsp3) is 0.417. The Bertz CT molecular complexity index is 292. The van der Waals surface area contributed by atoms with E-state index in [-0.39, 0.29) is 0 Å². The first-order valence-corrected chi connectivity index (χ1v) is 5.30. The Morgan fingerprint density at radius 3 is 2.87 bits per heavy atom. The van der Waals surface area contributed by atoms with Gasteiger partial charge < -0.3 is 5.73 Å². The molecule has 1 aromatic rings. The largest absolute Gasteiger partial charge is 0.397 e. The summed E-state index contributed by atoms with van der Waals surface area (Å²) in [5, 5.41) is 0. The lowest BCUT2D eigenvalue weighted by molar-refractivity contribution is 0.292. The maximum absolute atomic E-state index is 5.58. The molecular formula is C12H19N3. The van der Waals surface area contributed by atoms with Crippen LogP contribution < -0.4 is 5.73 Å². The van der Waals surface area contributed by atoms with Crippen LogP contribution in [0.15, 0.2) is 31.0 Å². The van der Waals surface area contributed by atoms with Gasteiger partial charge in [0.15, 0.2) is 0 Å². The predicted molar refractivity (Wildman–Crippen MR) is 64.4 cm³/mol. The topological polar surface area (TPSA) is 42.1 Å². The van der Waals surface area contributed by atoms with Crippen LogP contribution in [0.4, 0.5) is 5.69 Å². The van der Waals surface area contributed by atoms with E-state index in [1.807, 2.05) is 18.2 Å². The van der Waals surface area contributed by atoms with Gasteiger partial charge in [0.2, 0.25) is 0 Å². The van der Waals surface area contributed by atoms with Gasteiger partial charge in [-0.2, -0.15) is 0 Å². The second-order valence-electron chi connectivity index (χ2n) is 3.61. The lowest BCUT2D eigenvalue weighted by atomic mass is 10.3. The van der Waals surface area contributed by atoms with Crippen LogP contribution in [0.3, 0.4) is 0 Å². The molecule has 0 unspecified atom stereocenters. The number of nitrogens with two attached hydrogens (primary N) is 1. The highest BCUT2D eigenvalue weighted by molar-refractivity contribution is 5.34. The number of nitrogen functional groups attached to an aromatic ring is 1. The second kappa shape index (κ2) is 6.19. The number of pyridine rings is 1. The maximum atomic E-state index is 5.58. The van der Waals surface area contributed by atoms with Gasteiger partial charge in [-0.1, -0.05) is 13.0 Å². The first kappa shape index (κ1) is 11.7. The number of rotatable bonds is 6. The van der Waals surface area contributed by atoms with Crippen molar-refractivity contribution >= 4 is 5.69 Å². The Hall–Kier alpha value is -1.35. The molecule has 2 N–H and O–H groups in total. The number of hydrogen-bond acceptors (Lipinski definition) is 3. The lowest BCUT2D eigenvalue weighted by Crippen LogP contribution is -2.24. The van der Waals surface area contributed by atoms with Crippen LogP contribution in [0, 0.1) is 0 Å². The minimum absolute atomic E-state index is 0.713. The SMILES string of the molecule is C=CCN(CCC)Cc1ccc(N)cn1. The average Bonchev–Trinajstić information content (AvgIpc) is 2.22. The maximum Gasteiger partial charge on any atom is 0.0545 e. The standard InChI is InChI=1S/C12H19N3/c1-3-7-15(8-4-2)10-12-6-5-11(13)9-14-12/h3,5-6,9H,1,4,7-8,10,13H2,2H3. The molecule has 3 heteroatoms. The summed E-state index contributed by atoms with van der Waals surface area (Å²) in [7, 11) is 0. The number of hydrogen-bond donors (Lipinski definition) is 1. The molecule has 0 saturated heterocycles. The van der Waals surface area contributed by atoms with Crippen molar-refractivity contribution in [3.05, 3.63) is 36.7 Å². The molecule has 15 heavy (non-hydrogen) atoms. The van der Waals surface area contributed by atoms with Gasteiger partial charge in [0.25, 0.3) is 0 Å². The zero-order chi connectivity index (χ0) is 11.1. The summed E-state index contributed by atoms with van der Waals surface area (Å²) in [4.78, 5) is 6.59. The molecule has 1 rings (SSSR count). The van der Waals surface area contributed by atoms with Crippen LogP contribution >= 0.6 is 0 Å². The van der Waals surface area contributed by atoms with Crippen LogP contribution in [0.25, 0.3) is 0 Å². The van der Waals surface area contributed by atoms with E-state index in [2.05, 4.69) is 23.4 Å². The summed E-state index contributed by atoms with van der Waals surface area (Å²) < 4.78 is 0. The fourth-order valence-electron chi connectivity index (χ4n) is 1.49. The van der Waals surface area contributed by atoms with Crippen molar-refractivity contribution in [2.75, 3.05) is 18.8 Å². The van der Waals surface area contributed by atoms with Gasteiger partial charge in [0.1, 0.15) is 0 Å². The van der Waals surface area contributed by atoms with Crippen LogP contribution in [0.5, 0.6) is 0 Å². The quantitative estimate of drug-likeness (QED) is 0.723. The number of anilines is 1. The van der Waals surface area contributed by atoms with Crippen LogP contribution in [0.1, 0.15) is 19.0 Å². The zero-order valence-corrected chi connectivity index (χ0v) is 9.32. The molecule has 3 nitrogen and oxygen atoms in total. The summed E-state index contributed by atoms with van der Waals surface area (Å²) in [6, 6.07) is 3.86. The Labute approximate surface area is 91.6 Å². The van der Waals surface area contributed by atoms with E-state index < -0.39 is 0 Å². The molecule has 1 heterocycles. The van der Waals surface area contributed by atoms with Crippen molar-refractivity contribution < 1.29 is 0 Å². The van der Waals surface area contributed by atoms with Crippen LogP contribution in [-0.4, -0.2) is 23.0 Å². The first-order valence-electron chi connectivity index (χ1n) is 5.30. The third-order valence-corrected chi connectivity index (χ3v) is 2.16. The molecule has 0 aliphatic carbocycles. The third-order valence-electron chi connectivity index (χ3n) is 2.16. The molecule has 0 aliphatic rings. The summed E-state index contributed by atoms with van der Waals surface area (Å²) in [6.45, 7) is 8.76. The molecule has 0 bridgehead atoms. The van der Waals surface area contributed by atoms with Crippen LogP contribution in [-0.2, 0) is 6.54 Å². The lowest BCUT2D eigenvalue weighted by Gasteiger charge is -2.19. The Kier molecular flexibility index (Phi) is 4.84. The van der Waals surface area contributed by atoms with Gasteiger partial charge >= 0.3 is 0 Å². The summed E-state index contributed by atoms with van der Waals surface area (Å²) in [6.07, 6.45) is 4.77. The molecule has 0 amide bonds. The third kappa shape index (κ3) is 4.13. The summed E-state index contributed by atoms with van der Waals surface area (Å²) in [5.74, 6) is 0. The smallest absolute Gasteiger partial charge is 0.0545 e. The van der Waals surface area contributed by atoms with Crippen molar-refractivity contribution in [3.8, 4) is 0 Å². The molecule has 0 saturated carbocycles. The van der Waals surface area contributed by atoms with Crippen molar-refractivity contribution in [2.24, 2.45) is 0 Å². The molecular weight excluding hydrogens is 186 g/mol. The van der Waals surface area contributed by atoms with Gasteiger partial charge in [0, 0.05) is 13.1 Å². The monoisotopic (exact) mass is 205 g/mol. The molecule has 82 valence electrons. The van der Waals surface area contributed by atoms with Crippen molar-refractivity contribution in [1.82, 2.24) is 9.88 Å². The average molecular weight is 205 g/mol. The molecule has 0 atom stereocenters. The van der Waals surface area contributed by atoms with Gasteiger partial charge in [-0.3, -0.25) is 9.88 Å². The van der Waals surface area contributed by atoms with Crippen LogP contribution in [0.2, 0.25) is 0 Å². The number of nitrogens with zero attached hydrogens (tertiary/aromatic N) is 2. The van der Waals surface area contributed by atoms with E-state index >= 15 is 0 Å². The highest BCUT2D eigenvalue weighted by atomic mass is 15.1. The predicted octanol–water partition coefficient (Wildman–Crippen LogP) is 2.06. The van der Waals surface area contributed by atoms with Gasteiger partial charge in [0.05, 0.1) is 17.6 Å². The summed E-state index contributed by atoms with van der Waals surface area (Å²) >= 11 is 0. The van der Waals surface area contributed by atoms with Gasteiger partial charge in [-0.15, -0.1) is 6.58 Å². The fourth-order valence-corrected chi connectivity index (χ4v) is 1.49. The van der Waals surface area contributed by atoms with Gasteiger partial charge in [-0.25, -0.2) is 0 Å². The molecule has 1 aromatic heterocycles. The van der Waals surface area contributed by atoms with Crippen molar-refractivity contribution in [2.45, 2.75) is 19.9 Å². The molecule has 0 aliphatic heterocycles. The minimum Gasteiger partial charge on any atom is -0.397 e. The normalized spacial score (nSPS) is 10.5. The molecule has 0 aromatic carbocycles. The zero-order valence-electron chi connectivity index (χ0n) is 9.32. The first-order chi connectivity index (χ1) is 7.26. The highest BCUT2D eigenvalue weighted by Gasteiger charge is 2.03. The Morgan fingerprint density at radius 2 is 2.33 bits per heavy atom. The Morgan fingerprint density at radius 1 is 1.53 bits per heavy atom. The summed E-state index contributed by atoms with van der Waals surface area (Å²) in [5.41, 5.74) is 7.35. The molecule has 0 radical (unpaired) electrons. The Balaban J connectivity index is 2.56. The van der Waals surface area contributed by atoms with Crippen molar-refractivity contribution in [3.63, 3.8) is 0 Å². The molecule has 0 spiro atoms. The molecule has 0 fully saturated rings. The van der Waals surface area contributed by atoms with E-state index in [0.717, 1.165) is 31.7 Å². The minimum atomic E-state index is 0.713. The van der Waals surface area contributed by atoms with E-state index in [1.165, 1.54) is 0 Å².